The summed E-state index contributed by atoms with van der Waals surface area (Å²) in [5, 5.41) is 3.13. The quantitative estimate of drug-likeness (QED) is 0.657. The van der Waals surface area contributed by atoms with Crippen molar-refractivity contribution in [2.75, 3.05) is 23.6 Å². The predicted molar refractivity (Wildman–Crippen MR) is 113 cm³/mol. The molecule has 1 amide bonds. The molecular formula is C22H27N2O3P. The van der Waals surface area contributed by atoms with Crippen LogP contribution in [-0.2, 0) is 26.5 Å². The Morgan fingerprint density at radius 1 is 1.14 bits per heavy atom. The number of rotatable bonds is 7. The Morgan fingerprint density at radius 3 is 2.57 bits per heavy atom. The lowest BCUT2D eigenvalue weighted by Gasteiger charge is -2.30. The second kappa shape index (κ2) is 7.73. The van der Waals surface area contributed by atoms with Gasteiger partial charge in [0.1, 0.15) is 0 Å². The van der Waals surface area contributed by atoms with Crippen LogP contribution in [0.1, 0.15) is 36.0 Å². The zero-order valence-corrected chi connectivity index (χ0v) is 17.4. The van der Waals surface area contributed by atoms with E-state index < -0.39 is 7.52 Å². The van der Waals surface area contributed by atoms with E-state index in [2.05, 4.69) is 5.09 Å². The molecular weight excluding hydrogens is 371 g/mol. The Labute approximate surface area is 166 Å². The third-order valence-corrected chi connectivity index (χ3v) is 7.49. The van der Waals surface area contributed by atoms with Crippen LogP contribution in [0.2, 0.25) is 0 Å². The van der Waals surface area contributed by atoms with Crippen molar-refractivity contribution >= 4 is 24.8 Å². The molecule has 5 nitrogen and oxygen atoms in total. The fourth-order valence-electron chi connectivity index (χ4n) is 3.67. The van der Waals surface area contributed by atoms with Gasteiger partial charge in [-0.05, 0) is 61.4 Å². The second-order valence-electron chi connectivity index (χ2n) is 7.90. The number of carbonyl (C=O) groups excluding carboxylic acids is 1. The molecule has 1 aliphatic heterocycles. The Bertz CT molecular complexity index is 922. The third kappa shape index (κ3) is 4.31. The maximum Gasteiger partial charge on any atom is 0.297 e. The molecule has 1 unspecified atom stereocenters. The van der Waals surface area contributed by atoms with Crippen LogP contribution in [0.5, 0.6) is 0 Å². The van der Waals surface area contributed by atoms with Gasteiger partial charge < -0.3 is 14.5 Å². The highest BCUT2D eigenvalue weighted by Gasteiger charge is 2.31. The minimum atomic E-state index is -3.07. The fourth-order valence-corrected chi connectivity index (χ4v) is 5.19. The first kappa shape index (κ1) is 19.2. The van der Waals surface area contributed by atoms with E-state index in [1.807, 2.05) is 54.3 Å². The van der Waals surface area contributed by atoms with Gasteiger partial charge in [-0.1, -0.05) is 29.8 Å². The zero-order chi connectivity index (χ0) is 19.7. The summed E-state index contributed by atoms with van der Waals surface area (Å²) in [5.74, 6) is 0.859. The molecule has 1 fully saturated rings. The molecule has 6 heteroatoms. The number of nitrogens with one attached hydrogen (secondary N) is 1. The van der Waals surface area contributed by atoms with Gasteiger partial charge in [0, 0.05) is 31.5 Å². The average molecular weight is 398 g/mol. The van der Waals surface area contributed by atoms with Crippen molar-refractivity contribution in [1.29, 1.82) is 0 Å². The Kier molecular flexibility index (Phi) is 5.31. The molecule has 2 aromatic carbocycles. The molecule has 0 saturated heterocycles. The monoisotopic (exact) mass is 398 g/mol. The van der Waals surface area contributed by atoms with E-state index in [0.717, 1.165) is 35.5 Å². The maximum absolute atomic E-state index is 13.2. The number of hydrogen-bond acceptors (Lipinski definition) is 3. The maximum atomic E-state index is 13.2. The highest BCUT2D eigenvalue weighted by molar-refractivity contribution is 7.59. The number of hydrogen-bond donors (Lipinski definition) is 1. The fraction of sp³-hybridized carbons (Fsp3) is 0.409. The molecule has 1 aliphatic carbocycles. The van der Waals surface area contributed by atoms with E-state index >= 15 is 0 Å². The Morgan fingerprint density at radius 2 is 1.89 bits per heavy atom. The van der Waals surface area contributed by atoms with Gasteiger partial charge in [-0.3, -0.25) is 9.36 Å². The summed E-state index contributed by atoms with van der Waals surface area (Å²) in [4.78, 5) is 14.3. The van der Waals surface area contributed by atoms with Crippen molar-refractivity contribution in [3.8, 4) is 0 Å². The SMILES string of the molecule is COP(=O)(Cc1ccc(C)cc1)Nc1ccc2c(c1)CCC(=O)N2CC1CC1. The van der Waals surface area contributed by atoms with Crippen LogP contribution >= 0.6 is 7.52 Å². The van der Waals surface area contributed by atoms with Gasteiger partial charge in [-0.15, -0.1) is 0 Å². The number of aryl methyl sites for hydroxylation is 2. The average Bonchev–Trinajstić information content (AvgIpc) is 3.50. The Hall–Kier alpha value is -2.10. The van der Waals surface area contributed by atoms with Crippen LogP contribution in [0.4, 0.5) is 11.4 Å². The molecule has 4 rings (SSSR count). The number of anilines is 2. The first-order valence-electron chi connectivity index (χ1n) is 9.88. The molecule has 28 heavy (non-hydrogen) atoms. The number of nitrogens with zero attached hydrogens (tertiary/aromatic N) is 1. The van der Waals surface area contributed by atoms with E-state index in [-0.39, 0.29) is 5.91 Å². The molecule has 0 bridgehead atoms. The van der Waals surface area contributed by atoms with E-state index in [9.17, 15) is 9.36 Å². The standard InChI is InChI=1S/C22H27N2O3P/c1-16-3-5-18(6-4-16)15-28(26,27-2)23-20-10-11-21-19(13-20)9-12-22(25)24(21)14-17-7-8-17/h3-6,10-11,13,17H,7-9,12,14-15H2,1-2H3,(H,23,26). The smallest absolute Gasteiger partial charge is 0.297 e. The molecule has 1 N–H and O–H groups in total. The summed E-state index contributed by atoms with van der Waals surface area (Å²) < 4.78 is 18.6. The predicted octanol–water partition coefficient (Wildman–Crippen LogP) is 5.14. The van der Waals surface area contributed by atoms with Crippen molar-refractivity contribution in [3.63, 3.8) is 0 Å². The van der Waals surface area contributed by atoms with Gasteiger partial charge >= 0.3 is 0 Å². The van der Waals surface area contributed by atoms with Gasteiger partial charge in [0.15, 0.2) is 0 Å². The topological polar surface area (TPSA) is 58.6 Å². The van der Waals surface area contributed by atoms with E-state index in [4.69, 9.17) is 4.52 Å². The summed E-state index contributed by atoms with van der Waals surface area (Å²) in [6.45, 7) is 2.85. The van der Waals surface area contributed by atoms with Gasteiger partial charge in [-0.25, -0.2) is 0 Å². The summed E-state index contributed by atoms with van der Waals surface area (Å²) >= 11 is 0. The third-order valence-electron chi connectivity index (χ3n) is 5.52. The first-order chi connectivity index (χ1) is 13.5. The van der Waals surface area contributed by atoms with Crippen molar-refractivity contribution < 1.29 is 13.9 Å². The molecule has 2 aliphatic rings. The van der Waals surface area contributed by atoms with Crippen molar-refractivity contribution in [1.82, 2.24) is 0 Å². The number of amides is 1. The lowest BCUT2D eigenvalue weighted by molar-refractivity contribution is -0.118. The molecule has 0 aromatic heterocycles. The van der Waals surface area contributed by atoms with Gasteiger partial charge in [0.25, 0.3) is 7.52 Å². The minimum absolute atomic E-state index is 0.210. The molecule has 1 atom stereocenters. The van der Waals surface area contributed by atoms with E-state index in [1.54, 1.807) is 0 Å². The van der Waals surface area contributed by atoms with Gasteiger partial charge in [0.05, 0.1) is 6.16 Å². The molecule has 148 valence electrons. The largest absolute Gasteiger partial charge is 0.317 e. The van der Waals surface area contributed by atoms with Crippen LogP contribution in [0.25, 0.3) is 0 Å². The summed E-state index contributed by atoms with van der Waals surface area (Å²) in [5.41, 5.74) is 5.05. The van der Waals surface area contributed by atoms with Crippen molar-refractivity contribution in [3.05, 3.63) is 59.2 Å². The Balaban J connectivity index is 1.53. The van der Waals surface area contributed by atoms with Crippen LogP contribution < -0.4 is 9.99 Å². The van der Waals surface area contributed by atoms with Crippen LogP contribution in [0.3, 0.4) is 0 Å². The van der Waals surface area contributed by atoms with Crippen molar-refractivity contribution in [2.45, 2.75) is 38.8 Å². The summed E-state index contributed by atoms with van der Waals surface area (Å²) in [6.07, 6.45) is 4.02. The summed E-state index contributed by atoms with van der Waals surface area (Å²) in [6, 6.07) is 13.9. The molecule has 1 heterocycles. The minimum Gasteiger partial charge on any atom is -0.317 e. The molecule has 0 radical (unpaired) electrons. The lowest BCUT2D eigenvalue weighted by atomic mass is 10.00. The normalized spacial score (nSPS) is 18.5. The lowest BCUT2D eigenvalue weighted by Crippen LogP contribution is -2.36. The zero-order valence-electron chi connectivity index (χ0n) is 16.5. The number of benzene rings is 2. The van der Waals surface area contributed by atoms with E-state index in [0.29, 0.717) is 18.5 Å². The van der Waals surface area contributed by atoms with Gasteiger partial charge in [0.2, 0.25) is 5.91 Å². The molecule has 1 saturated carbocycles. The highest BCUT2D eigenvalue weighted by Crippen LogP contribution is 2.49. The second-order valence-corrected chi connectivity index (χ2v) is 10.2. The molecule has 2 aromatic rings. The van der Waals surface area contributed by atoms with Crippen LogP contribution in [0, 0.1) is 12.8 Å². The van der Waals surface area contributed by atoms with E-state index in [1.165, 1.54) is 25.5 Å². The number of fused-ring (bicyclic) bond motifs is 1. The first-order valence-corrected chi connectivity index (χ1v) is 11.7. The van der Waals surface area contributed by atoms with Crippen molar-refractivity contribution in [2.24, 2.45) is 5.92 Å². The van der Waals surface area contributed by atoms with Crippen LogP contribution in [-0.4, -0.2) is 19.6 Å². The highest BCUT2D eigenvalue weighted by atomic mass is 31.2. The van der Waals surface area contributed by atoms with Crippen LogP contribution in [0.15, 0.2) is 42.5 Å². The molecule has 0 spiro atoms. The van der Waals surface area contributed by atoms with Gasteiger partial charge in [-0.2, -0.15) is 0 Å². The number of carbonyl (C=O) groups is 1. The summed E-state index contributed by atoms with van der Waals surface area (Å²) in [7, 11) is -1.58.